The minimum absolute atomic E-state index is 0.303. The van der Waals surface area contributed by atoms with Crippen molar-refractivity contribution in [3.63, 3.8) is 0 Å². The summed E-state index contributed by atoms with van der Waals surface area (Å²) in [6.45, 7) is 13.7. The van der Waals surface area contributed by atoms with Gasteiger partial charge in [0, 0.05) is 57.6 Å². The van der Waals surface area contributed by atoms with Gasteiger partial charge in [-0.05, 0) is 81.1 Å². The van der Waals surface area contributed by atoms with E-state index in [0.717, 1.165) is 40.4 Å². The summed E-state index contributed by atoms with van der Waals surface area (Å²) in [6.07, 6.45) is 2.86. The van der Waals surface area contributed by atoms with E-state index >= 15 is 0 Å². The van der Waals surface area contributed by atoms with Gasteiger partial charge in [0.05, 0.1) is 26.1 Å². The fraction of sp³-hybridized carbons (Fsp3) is 0.425. The number of aliphatic hydroxyl groups is 1. The van der Waals surface area contributed by atoms with Gasteiger partial charge in [-0.25, -0.2) is 19.3 Å². The first-order valence-corrected chi connectivity index (χ1v) is 18.3. The zero-order valence-electron chi connectivity index (χ0n) is 32.2. The molecule has 14 nitrogen and oxygen atoms in total. The number of carbonyl (C=O) groups is 1. The van der Waals surface area contributed by atoms with Crippen molar-refractivity contribution >= 4 is 29.3 Å². The average Bonchev–Trinajstić information content (AvgIpc) is 3.60. The van der Waals surface area contributed by atoms with Crippen LogP contribution < -0.4 is 24.6 Å². The zero-order valence-corrected chi connectivity index (χ0v) is 32.2. The molecule has 0 bridgehead atoms. The number of rotatable bonds is 13. The Balaban J connectivity index is 1.30. The van der Waals surface area contributed by atoms with Crippen molar-refractivity contribution in [1.82, 2.24) is 29.5 Å². The van der Waals surface area contributed by atoms with Gasteiger partial charge in [-0.1, -0.05) is 31.2 Å². The molecule has 0 saturated carbocycles. The van der Waals surface area contributed by atoms with Gasteiger partial charge in [-0.3, -0.25) is 0 Å². The first-order chi connectivity index (χ1) is 26.0. The second kappa shape index (κ2) is 16.6. The van der Waals surface area contributed by atoms with Crippen LogP contribution in [0, 0.1) is 6.92 Å². The van der Waals surface area contributed by atoms with Gasteiger partial charge >= 0.3 is 6.09 Å². The predicted octanol–water partition coefficient (Wildman–Crippen LogP) is 6.01. The zero-order chi connectivity index (χ0) is 38.4. The van der Waals surface area contributed by atoms with Crippen molar-refractivity contribution in [2.24, 2.45) is 0 Å². The second-order valence-corrected chi connectivity index (χ2v) is 14.4. The second-order valence-electron chi connectivity index (χ2n) is 14.4. The number of carbonyl (C=O) groups excluding carboxylic acids is 1. The van der Waals surface area contributed by atoms with Crippen molar-refractivity contribution in [3.8, 4) is 11.5 Å². The number of aliphatic hydroxyl groups excluding tert-OH is 1. The van der Waals surface area contributed by atoms with E-state index in [1.54, 1.807) is 36.0 Å². The highest BCUT2D eigenvalue weighted by Gasteiger charge is 2.28. The number of anilines is 3. The number of aromatic nitrogens is 5. The summed E-state index contributed by atoms with van der Waals surface area (Å²) in [6, 6.07) is 17.9. The van der Waals surface area contributed by atoms with E-state index in [0.29, 0.717) is 74.5 Å². The monoisotopic (exact) mass is 737 g/mol. The summed E-state index contributed by atoms with van der Waals surface area (Å²) in [5.41, 5.74) is 4.10. The van der Waals surface area contributed by atoms with Crippen molar-refractivity contribution in [1.29, 1.82) is 0 Å². The molecular formula is C40H51N9O5. The SMILES string of the molecule is CCCNc1nc(N(Cc2ccc(OC)cc2)Cc2ccc(OC)cc2)c2ncc(C(O)c3cnc(N4CCN(C(=O)OC(C)(C)C)CC4)c(C)c3)n2n1. The van der Waals surface area contributed by atoms with E-state index in [9.17, 15) is 9.90 Å². The van der Waals surface area contributed by atoms with Crippen LogP contribution in [0.5, 0.6) is 11.5 Å². The molecular weight excluding hydrogens is 686 g/mol. The molecule has 0 aliphatic carbocycles. The van der Waals surface area contributed by atoms with Crippen LogP contribution in [0.15, 0.2) is 67.0 Å². The van der Waals surface area contributed by atoms with E-state index in [2.05, 4.69) is 22.0 Å². The Morgan fingerprint density at radius 3 is 2.07 bits per heavy atom. The molecule has 54 heavy (non-hydrogen) atoms. The normalized spacial score (nSPS) is 13.9. The molecule has 0 spiro atoms. The Morgan fingerprint density at radius 2 is 1.54 bits per heavy atom. The first kappa shape index (κ1) is 38.1. The lowest BCUT2D eigenvalue weighted by Crippen LogP contribution is -2.50. The summed E-state index contributed by atoms with van der Waals surface area (Å²) >= 11 is 0. The van der Waals surface area contributed by atoms with Crippen LogP contribution in [-0.2, 0) is 17.8 Å². The summed E-state index contributed by atoms with van der Waals surface area (Å²) < 4.78 is 18.0. The molecule has 1 saturated heterocycles. The van der Waals surface area contributed by atoms with E-state index < -0.39 is 11.7 Å². The summed E-state index contributed by atoms with van der Waals surface area (Å²) in [7, 11) is 3.31. The van der Waals surface area contributed by atoms with Gasteiger partial charge in [0.25, 0.3) is 0 Å². The number of methoxy groups -OCH3 is 2. The fourth-order valence-corrected chi connectivity index (χ4v) is 6.37. The molecule has 4 heterocycles. The van der Waals surface area contributed by atoms with Gasteiger partial charge in [-0.15, -0.1) is 5.10 Å². The molecule has 6 rings (SSSR count). The minimum Gasteiger partial charge on any atom is -0.497 e. The Morgan fingerprint density at radius 1 is 0.926 bits per heavy atom. The first-order valence-electron chi connectivity index (χ1n) is 18.3. The molecule has 286 valence electrons. The third-order valence-corrected chi connectivity index (χ3v) is 9.17. The Kier molecular flexibility index (Phi) is 11.7. The number of fused-ring (bicyclic) bond motifs is 1. The lowest BCUT2D eigenvalue weighted by atomic mass is 10.1. The summed E-state index contributed by atoms with van der Waals surface area (Å²) in [4.78, 5) is 33.2. The number of aryl methyl sites for hydroxylation is 1. The standard InChI is InChI=1S/C40H51N9O5/c1-8-17-41-38-44-37(48(25-28-9-13-31(52-6)14-10-28)26-29-11-15-32(53-7)16-12-29)36-43-24-33(49(36)45-38)34(50)30-22-27(2)35(42-23-30)46-18-20-47(21-19-46)39(51)54-40(3,4)5/h9-16,22-24,34,50H,8,17-21,25-26H2,1-7H3,(H,41,45). The maximum absolute atomic E-state index is 12.6. The maximum atomic E-state index is 12.6. The minimum atomic E-state index is -1.07. The maximum Gasteiger partial charge on any atom is 0.410 e. The third-order valence-electron chi connectivity index (χ3n) is 9.17. The molecule has 1 atom stereocenters. The molecule has 3 aromatic heterocycles. The average molecular weight is 738 g/mol. The highest BCUT2D eigenvalue weighted by atomic mass is 16.6. The Hall–Kier alpha value is -5.63. The van der Waals surface area contributed by atoms with Crippen LogP contribution in [-0.4, -0.2) is 93.2 Å². The van der Waals surface area contributed by atoms with Crippen LogP contribution in [0.1, 0.15) is 68.2 Å². The van der Waals surface area contributed by atoms with Crippen molar-refractivity contribution in [2.45, 2.75) is 65.8 Å². The van der Waals surface area contributed by atoms with Gasteiger partial charge in [0.1, 0.15) is 29.0 Å². The third kappa shape index (κ3) is 8.93. The van der Waals surface area contributed by atoms with E-state index in [4.69, 9.17) is 34.3 Å². The number of benzene rings is 2. The van der Waals surface area contributed by atoms with E-state index in [1.165, 1.54) is 0 Å². The number of nitrogens with one attached hydrogen (secondary N) is 1. The molecule has 1 unspecified atom stereocenters. The molecule has 1 aliphatic heterocycles. The van der Waals surface area contributed by atoms with Crippen molar-refractivity contribution < 1.29 is 24.1 Å². The Labute approximate surface area is 316 Å². The van der Waals surface area contributed by atoms with Crippen LogP contribution >= 0.6 is 0 Å². The van der Waals surface area contributed by atoms with E-state index in [1.807, 2.05) is 82.3 Å². The molecule has 1 aliphatic rings. The van der Waals surface area contributed by atoms with Gasteiger partial charge < -0.3 is 39.3 Å². The van der Waals surface area contributed by atoms with Crippen LogP contribution in [0.2, 0.25) is 0 Å². The number of piperazine rings is 1. The van der Waals surface area contributed by atoms with Gasteiger partial charge in [0.2, 0.25) is 5.95 Å². The molecule has 0 radical (unpaired) electrons. The molecule has 1 fully saturated rings. The molecule has 2 N–H and O–H groups in total. The van der Waals surface area contributed by atoms with Crippen LogP contribution in [0.4, 0.5) is 22.4 Å². The quantitative estimate of drug-likeness (QED) is 0.146. The topological polar surface area (TPSA) is 143 Å². The number of nitrogens with zero attached hydrogens (tertiary/aromatic N) is 8. The number of imidazole rings is 1. The van der Waals surface area contributed by atoms with Gasteiger partial charge in [-0.2, -0.15) is 4.98 Å². The number of ether oxygens (including phenoxy) is 3. The molecule has 1 amide bonds. The number of hydrogen-bond donors (Lipinski definition) is 2. The number of hydrogen-bond acceptors (Lipinski definition) is 12. The number of amides is 1. The van der Waals surface area contributed by atoms with E-state index in [-0.39, 0.29) is 6.09 Å². The molecule has 14 heteroatoms. The van der Waals surface area contributed by atoms with Gasteiger partial charge in [0.15, 0.2) is 11.5 Å². The molecule has 5 aromatic rings. The summed E-state index contributed by atoms with van der Waals surface area (Å²) in [5.74, 6) is 3.42. The smallest absolute Gasteiger partial charge is 0.410 e. The number of pyridine rings is 1. The van der Waals surface area contributed by atoms with Crippen molar-refractivity contribution in [2.75, 3.05) is 62.1 Å². The van der Waals surface area contributed by atoms with Crippen molar-refractivity contribution in [3.05, 3.63) is 94.9 Å². The lowest BCUT2D eigenvalue weighted by Gasteiger charge is -2.36. The van der Waals surface area contributed by atoms with Crippen LogP contribution in [0.3, 0.4) is 0 Å². The lowest BCUT2D eigenvalue weighted by molar-refractivity contribution is 0.0240. The highest BCUT2D eigenvalue weighted by molar-refractivity contribution is 5.69. The van der Waals surface area contributed by atoms with Crippen LogP contribution in [0.25, 0.3) is 5.65 Å². The molecule has 2 aromatic carbocycles. The Bertz CT molecular complexity index is 1970. The largest absolute Gasteiger partial charge is 0.497 e. The predicted molar refractivity (Wildman–Crippen MR) is 208 cm³/mol. The summed E-state index contributed by atoms with van der Waals surface area (Å²) in [5, 5.41) is 20.0. The highest BCUT2D eigenvalue weighted by Crippen LogP contribution is 2.31. The fourth-order valence-electron chi connectivity index (χ4n) is 6.37.